The molecule has 0 aromatic carbocycles. The summed E-state index contributed by atoms with van der Waals surface area (Å²) in [5, 5.41) is 7.63. The molecular formula is C17H28N4O3. The summed E-state index contributed by atoms with van der Waals surface area (Å²) in [5.41, 5.74) is 1.45. The van der Waals surface area contributed by atoms with Crippen LogP contribution in [0.15, 0.2) is 6.07 Å². The van der Waals surface area contributed by atoms with Gasteiger partial charge in [-0.05, 0) is 40.4 Å². The number of ether oxygens (including phenoxy) is 2. The lowest BCUT2D eigenvalue weighted by atomic mass is 9.71. The van der Waals surface area contributed by atoms with Crippen LogP contribution < -0.4 is 5.32 Å². The number of aromatic nitrogens is 2. The van der Waals surface area contributed by atoms with Gasteiger partial charge < -0.3 is 19.7 Å². The molecule has 1 saturated heterocycles. The van der Waals surface area contributed by atoms with Crippen molar-refractivity contribution < 1.29 is 14.3 Å². The van der Waals surface area contributed by atoms with Crippen LogP contribution in [-0.4, -0.2) is 72.7 Å². The lowest BCUT2D eigenvalue weighted by Gasteiger charge is -2.50. The molecule has 3 rings (SSSR count). The van der Waals surface area contributed by atoms with Gasteiger partial charge >= 0.3 is 0 Å². The van der Waals surface area contributed by atoms with Crippen LogP contribution >= 0.6 is 0 Å². The second-order valence-corrected chi connectivity index (χ2v) is 6.83. The van der Waals surface area contributed by atoms with E-state index in [1.54, 1.807) is 4.68 Å². The van der Waals surface area contributed by atoms with Gasteiger partial charge in [-0.2, -0.15) is 5.10 Å². The molecule has 1 aliphatic carbocycles. The molecule has 0 bridgehead atoms. The van der Waals surface area contributed by atoms with Crippen LogP contribution in [0.25, 0.3) is 0 Å². The van der Waals surface area contributed by atoms with Crippen molar-refractivity contribution in [1.82, 2.24) is 20.0 Å². The number of rotatable bonds is 7. The van der Waals surface area contributed by atoms with Crippen molar-refractivity contribution in [3.8, 4) is 0 Å². The highest BCUT2D eigenvalue weighted by molar-refractivity contribution is 5.93. The number of nitrogens with zero attached hydrogens (tertiary/aromatic N) is 3. The van der Waals surface area contributed by atoms with E-state index < -0.39 is 0 Å². The number of hydrogen-bond donors (Lipinski definition) is 1. The number of amides is 1. The molecule has 24 heavy (non-hydrogen) atoms. The van der Waals surface area contributed by atoms with E-state index in [2.05, 4.69) is 15.3 Å². The molecule has 2 aliphatic rings. The topological polar surface area (TPSA) is 68.6 Å². The van der Waals surface area contributed by atoms with Crippen LogP contribution in [0.5, 0.6) is 0 Å². The summed E-state index contributed by atoms with van der Waals surface area (Å²) in [6, 6.07) is 2.21. The summed E-state index contributed by atoms with van der Waals surface area (Å²) in [6.07, 6.45) is 1.26. The first kappa shape index (κ1) is 17.4. The van der Waals surface area contributed by atoms with Crippen LogP contribution in [0.1, 0.15) is 29.5 Å². The Hall–Kier alpha value is -1.44. The molecule has 2 fully saturated rings. The predicted molar refractivity (Wildman–Crippen MR) is 90.0 cm³/mol. The molecule has 134 valence electrons. The van der Waals surface area contributed by atoms with E-state index in [1.807, 2.05) is 34.0 Å². The molecule has 1 aromatic rings. The van der Waals surface area contributed by atoms with Gasteiger partial charge in [-0.25, -0.2) is 0 Å². The molecular weight excluding hydrogens is 308 g/mol. The quantitative estimate of drug-likeness (QED) is 0.742. The molecule has 1 aromatic heterocycles. The van der Waals surface area contributed by atoms with Gasteiger partial charge in [-0.3, -0.25) is 9.48 Å². The average molecular weight is 336 g/mol. The predicted octanol–water partition coefficient (Wildman–Crippen LogP) is 0.675. The molecule has 2 heterocycles. The Bertz CT molecular complexity index is 586. The van der Waals surface area contributed by atoms with Crippen molar-refractivity contribution >= 4 is 5.91 Å². The molecule has 1 N–H and O–H groups in total. The van der Waals surface area contributed by atoms with Gasteiger partial charge in [-0.15, -0.1) is 0 Å². The van der Waals surface area contributed by atoms with E-state index in [-0.39, 0.29) is 24.1 Å². The zero-order chi connectivity index (χ0) is 17.3. The summed E-state index contributed by atoms with van der Waals surface area (Å²) in [4.78, 5) is 14.9. The van der Waals surface area contributed by atoms with Gasteiger partial charge in [-0.1, -0.05) is 0 Å². The third-order valence-electron chi connectivity index (χ3n) is 5.03. The normalized spacial score (nSPS) is 28.7. The molecule has 1 aliphatic heterocycles. The van der Waals surface area contributed by atoms with Gasteiger partial charge in [0.15, 0.2) is 0 Å². The maximum atomic E-state index is 12.8. The smallest absolute Gasteiger partial charge is 0.269 e. The van der Waals surface area contributed by atoms with Gasteiger partial charge in [0.2, 0.25) is 0 Å². The van der Waals surface area contributed by atoms with Gasteiger partial charge in [0.05, 0.1) is 37.0 Å². The zero-order valence-corrected chi connectivity index (χ0v) is 15.0. The number of nitrogens with one attached hydrogen (secondary N) is 1. The standard InChI is InChI=1S/C17H28N4O3/c1-5-23-9-7-21-13(10-11(2)19-21)17(22)18-14-12-6-8-24-16(12)15(14)20(3)4/h10,12,14-16H,5-9H2,1-4H3,(H,18,22)/t12-,14+,15-,16-/m1/s1. The highest BCUT2D eigenvalue weighted by Gasteiger charge is 2.55. The van der Waals surface area contributed by atoms with E-state index in [0.717, 1.165) is 18.7 Å². The number of aryl methyl sites for hydroxylation is 1. The highest BCUT2D eigenvalue weighted by Crippen LogP contribution is 2.41. The lowest BCUT2D eigenvalue weighted by Crippen LogP contribution is -2.69. The van der Waals surface area contributed by atoms with Crippen molar-refractivity contribution in [2.75, 3.05) is 33.9 Å². The Balaban J connectivity index is 1.68. The SMILES string of the molecule is CCOCCn1nc(C)cc1C(=O)N[C@H]1[C@H]2CCO[C@H]2[C@@H]1N(C)C. The van der Waals surface area contributed by atoms with Crippen LogP contribution in [0.2, 0.25) is 0 Å². The summed E-state index contributed by atoms with van der Waals surface area (Å²) < 4.78 is 12.9. The van der Waals surface area contributed by atoms with E-state index >= 15 is 0 Å². The van der Waals surface area contributed by atoms with Crippen molar-refractivity contribution in [2.24, 2.45) is 5.92 Å². The minimum absolute atomic E-state index is 0.0608. The minimum atomic E-state index is -0.0608. The molecule has 1 saturated carbocycles. The van der Waals surface area contributed by atoms with Crippen molar-refractivity contribution in [3.05, 3.63) is 17.5 Å². The van der Waals surface area contributed by atoms with Gasteiger partial charge in [0.25, 0.3) is 5.91 Å². The minimum Gasteiger partial charge on any atom is -0.380 e. The Morgan fingerprint density at radius 1 is 1.54 bits per heavy atom. The monoisotopic (exact) mass is 336 g/mol. The molecule has 0 unspecified atom stereocenters. The lowest BCUT2D eigenvalue weighted by molar-refractivity contribution is -0.0664. The largest absolute Gasteiger partial charge is 0.380 e. The maximum Gasteiger partial charge on any atom is 0.269 e. The van der Waals surface area contributed by atoms with E-state index in [4.69, 9.17) is 9.47 Å². The van der Waals surface area contributed by atoms with E-state index in [1.165, 1.54) is 0 Å². The maximum absolute atomic E-state index is 12.8. The average Bonchev–Trinajstić information content (AvgIpc) is 3.09. The first-order chi connectivity index (χ1) is 11.5. The van der Waals surface area contributed by atoms with Crippen molar-refractivity contribution in [1.29, 1.82) is 0 Å². The van der Waals surface area contributed by atoms with Crippen molar-refractivity contribution in [2.45, 2.75) is 45.0 Å². The molecule has 0 spiro atoms. The molecule has 7 nitrogen and oxygen atoms in total. The first-order valence-electron chi connectivity index (χ1n) is 8.74. The van der Waals surface area contributed by atoms with Gasteiger partial charge in [0.1, 0.15) is 5.69 Å². The number of fused-ring (bicyclic) bond motifs is 1. The number of carbonyl (C=O) groups is 1. The fourth-order valence-electron chi connectivity index (χ4n) is 3.90. The molecule has 4 atom stereocenters. The Morgan fingerprint density at radius 2 is 2.33 bits per heavy atom. The first-order valence-corrected chi connectivity index (χ1v) is 8.74. The number of hydrogen-bond acceptors (Lipinski definition) is 5. The second kappa shape index (κ2) is 7.21. The zero-order valence-electron chi connectivity index (χ0n) is 15.0. The highest BCUT2D eigenvalue weighted by atomic mass is 16.5. The van der Waals surface area contributed by atoms with Crippen LogP contribution in [-0.2, 0) is 16.0 Å². The third-order valence-corrected chi connectivity index (χ3v) is 5.03. The third kappa shape index (κ3) is 3.20. The van der Waals surface area contributed by atoms with Crippen LogP contribution in [0.3, 0.4) is 0 Å². The molecule has 1 amide bonds. The summed E-state index contributed by atoms with van der Waals surface area (Å²) in [6.45, 7) is 6.46. The molecule has 7 heteroatoms. The second-order valence-electron chi connectivity index (χ2n) is 6.83. The fraction of sp³-hybridized carbons (Fsp3) is 0.765. The fourth-order valence-corrected chi connectivity index (χ4v) is 3.90. The summed E-state index contributed by atoms with van der Waals surface area (Å²) in [5.74, 6) is 0.358. The van der Waals surface area contributed by atoms with Crippen molar-refractivity contribution in [3.63, 3.8) is 0 Å². The Morgan fingerprint density at radius 3 is 3.04 bits per heavy atom. The number of likely N-dealkylation sites (N-methyl/N-ethyl adjacent to an activating group) is 1. The van der Waals surface area contributed by atoms with E-state index in [0.29, 0.717) is 31.4 Å². The van der Waals surface area contributed by atoms with Gasteiger partial charge in [0, 0.05) is 19.1 Å². The Kier molecular flexibility index (Phi) is 5.22. The molecule has 0 radical (unpaired) electrons. The van der Waals surface area contributed by atoms with Crippen LogP contribution in [0, 0.1) is 12.8 Å². The van der Waals surface area contributed by atoms with Crippen LogP contribution in [0.4, 0.5) is 0 Å². The summed E-state index contributed by atoms with van der Waals surface area (Å²) >= 11 is 0. The summed E-state index contributed by atoms with van der Waals surface area (Å²) in [7, 11) is 4.08. The number of carbonyl (C=O) groups excluding carboxylic acids is 1. The van der Waals surface area contributed by atoms with E-state index in [9.17, 15) is 4.79 Å². The Labute approximate surface area is 143 Å².